The van der Waals surface area contributed by atoms with Gasteiger partial charge < -0.3 is 24.4 Å². The number of benzene rings is 1. The molecule has 0 fully saturated rings. The third-order valence-electron chi connectivity index (χ3n) is 4.48. The lowest BCUT2D eigenvalue weighted by Crippen LogP contribution is -2.32. The summed E-state index contributed by atoms with van der Waals surface area (Å²) in [6.45, 7) is 0.378. The van der Waals surface area contributed by atoms with Crippen molar-refractivity contribution in [3.05, 3.63) is 72.2 Å². The van der Waals surface area contributed by atoms with Crippen molar-refractivity contribution >= 4 is 11.8 Å². The molecule has 0 saturated heterocycles. The van der Waals surface area contributed by atoms with E-state index >= 15 is 0 Å². The number of hydrogen-bond acceptors (Lipinski definition) is 5. The van der Waals surface area contributed by atoms with Crippen LogP contribution in [0.25, 0.3) is 0 Å². The number of furan rings is 1. The lowest BCUT2D eigenvalue weighted by Gasteiger charge is -2.19. The molecule has 29 heavy (non-hydrogen) atoms. The number of rotatable bonds is 9. The monoisotopic (exact) mass is 396 g/mol. The van der Waals surface area contributed by atoms with Crippen molar-refractivity contribution < 1.29 is 18.7 Å². The lowest BCUT2D eigenvalue weighted by atomic mass is 10.1. The third kappa shape index (κ3) is 5.25. The molecule has 1 atom stereocenters. The van der Waals surface area contributed by atoms with Crippen molar-refractivity contribution in [1.82, 2.24) is 20.2 Å². The normalized spacial score (nSPS) is 11.7. The van der Waals surface area contributed by atoms with Crippen LogP contribution in [-0.2, 0) is 11.8 Å². The molecule has 0 bridgehead atoms. The number of amides is 2. The number of carbonyl (C=O) groups is 2. The van der Waals surface area contributed by atoms with E-state index in [1.54, 1.807) is 25.4 Å². The van der Waals surface area contributed by atoms with Gasteiger partial charge in [-0.1, -0.05) is 12.1 Å². The van der Waals surface area contributed by atoms with E-state index in [4.69, 9.17) is 9.15 Å². The second kappa shape index (κ2) is 9.59. The molecule has 152 valence electrons. The minimum Gasteiger partial charge on any atom is -0.497 e. The molecule has 0 saturated carbocycles. The molecule has 0 unspecified atom stereocenters. The van der Waals surface area contributed by atoms with E-state index in [2.05, 4.69) is 15.6 Å². The van der Waals surface area contributed by atoms with Crippen molar-refractivity contribution in [2.24, 2.45) is 7.05 Å². The van der Waals surface area contributed by atoms with Gasteiger partial charge in [0, 0.05) is 32.4 Å². The van der Waals surface area contributed by atoms with Crippen molar-refractivity contribution in [2.75, 3.05) is 13.7 Å². The smallest absolute Gasteiger partial charge is 0.286 e. The van der Waals surface area contributed by atoms with Gasteiger partial charge in [0.25, 0.3) is 5.91 Å². The number of ether oxygens (including phenoxy) is 1. The summed E-state index contributed by atoms with van der Waals surface area (Å²) in [5, 5.41) is 5.77. The van der Waals surface area contributed by atoms with E-state index < -0.39 is 0 Å². The fourth-order valence-corrected chi connectivity index (χ4v) is 2.93. The van der Waals surface area contributed by atoms with Gasteiger partial charge in [-0.25, -0.2) is 4.98 Å². The summed E-state index contributed by atoms with van der Waals surface area (Å²) < 4.78 is 12.1. The number of aromatic nitrogens is 2. The van der Waals surface area contributed by atoms with Gasteiger partial charge >= 0.3 is 0 Å². The Kier molecular flexibility index (Phi) is 6.67. The fourth-order valence-electron chi connectivity index (χ4n) is 2.93. The highest BCUT2D eigenvalue weighted by Crippen LogP contribution is 2.23. The summed E-state index contributed by atoms with van der Waals surface area (Å²) in [7, 11) is 3.49. The minimum absolute atomic E-state index is 0.124. The molecule has 8 heteroatoms. The van der Waals surface area contributed by atoms with Crippen LogP contribution in [0.5, 0.6) is 5.75 Å². The quantitative estimate of drug-likeness (QED) is 0.542. The van der Waals surface area contributed by atoms with Crippen LogP contribution in [0.4, 0.5) is 0 Å². The van der Waals surface area contributed by atoms with Crippen LogP contribution in [0.2, 0.25) is 0 Å². The topological polar surface area (TPSA) is 98.4 Å². The number of nitrogens with one attached hydrogen (secondary N) is 2. The van der Waals surface area contributed by atoms with Gasteiger partial charge in [-0.2, -0.15) is 0 Å². The Morgan fingerprint density at radius 1 is 1.24 bits per heavy atom. The number of methoxy groups -OCH3 is 1. The molecule has 3 rings (SSSR count). The van der Waals surface area contributed by atoms with Crippen molar-refractivity contribution in [3.63, 3.8) is 0 Å². The average molecular weight is 396 g/mol. The number of hydrogen-bond donors (Lipinski definition) is 2. The first-order valence-corrected chi connectivity index (χ1v) is 9.30. The Morgan fingerprint density at radius 2 is 2.03 bits per heavy atom. The number of aryl methyl sites for hydroxylation is 1. The molecule has 3 aromatic rings. The Hall–Kier alpha value is -3.55. The summed E-state index contributed by atoms with van der Waals surface area (Å²) >= 11 is 0. The molecule has 8 nitrogen and oxygen atoms in total. The molecule has 0 aliphatic heterocycles. The van der Waals surface area contributed by atoms with E-state index in [0.717, 1.165) is 17.1 Å². The maximum absolute atomic E-state index is 12.5. The summed E-state index contributed by atoms with van der Waals surface area (Å²) in [5.74, 6) is 1.31. The first kappa shape index (κ1) is 20.2. The largest absolute Gasteiger partial charge is 0.497 e. The van der Waals surface area contributed by atoms with E-state index in [9.17, 15) is 9.59 Å². The molecule has 0 aliphatic rings. The zero-order valence-electron chi connectivity index (χ0n) is 16.4. The molecule has 0 radical (unpaired) electrons. The van der Waals surface area contributed by atoms with Crippen LogP contribution in [0, 0.1) is 0 Å². The highest BCUT2D eigenvalue weighted by atomic mass is 16.5. The first-order chi connectivity index (χ1) is 14.1. The van der Waals surface area contributed by atoms with E-state index in [0.29, 0.717) is 13.0 Å². The zero-order valence-corrected chi connectivity index (χ0v) is 16.4. The van der Waals surface area contributed by atoms with Gasteiger partial charge in [0.15, 0.2) is 5.76 Å². The highest BCUT2D eigenvalue weighted by molar-refractivity contribution is 5.91. The average Bonchev–Trinajstić information content (AvgIpc) is 3.41. The molecule has 2 N–H and O–H groups in total. The fraction of sp³-hybridized carbons (Fsp3) is 0.286. The van der Waals surface area contributed by atoms with Crippen LogP contribution in [0.3, 0.4) is 0 Å². The summed E-state index contributed by atoms with van der Waals surface area (Å²) in [5.41, 5.74) is 0.902. The number of imidazole rings is 1. The summed E-state index contributed by atoms with van der Waals surface area (Å²) in [6.07, 6.45) is 5.76. The SMILES string of the molecule is COc1ccc([C@@H](NC(=O)CCCNC(=O)c2ccco2)c2nccn2C)cc1. The Labute approximate surface area is 168 Å². The van der Waals surface area contributed by atoms with Crippen molar-refractivity contribution in [2.45, 2.75) is 18.9 Å². The standard InChI is InChI=1S/C21H24N4O4/c1-25-13-12-22-20(25)19(15-7-9-16(28-2)10-8-15)24-18(26)6-3-11-23-21(27)17-5-4-14-29-17/h4-5,7-10,12-14,19H,3,6,11H2,1-2H3,(H,23,27)(H,24,26)/t19-/m1/s1. The zero-order chi connectivity index (χ0) is 20.6. The molecule has 0 aliphatic carbocycles. The van der Waals surface area contributed by atoms with Crippen LogP contribution >= 0.6 is 0 Å². The molecular weight excluding hydrogens is 372 g/mol. The maximum atomic E-state index is 12.5. The van der Waals surface area contributed by atoms with Crippen LogP contribution in [0.1, 0.15) is 40.8 Å². The molecule has 1 aromatic carbocycles. The summed E-state index contributed by atoms with van der Waals surface area (Å²) in [4.78, 5) is 28.7. The van der Waals surface area contributed by atoms with E-state index in [1.807, 2.05) is 42.1 Å². The summed E-state index contributed by atoms with van der Waals surface area (Å²) in [6, 6.07) is 10.4. The molecular formula is C21H24N4O4. The first-order valence-electron chi connectivity index (χ1n) is 9.30. The Morgan fingerprint density at radius 3 is 2.66 bits per heavy atom. The van der Waals surface area contributed by atoms with E-state index in [-0.39, 0.29) is 30.0 Å². The molecule has 0 spiro atoms. The molecule has 2 heterocycles. The van der Waals surface area contributed by atoms with Crippen molar-refractivity contribution in [1.29, 1.82) is 0 Å². The van der Waals surface area contributed by atoms with Gasteiger partial charge in [0.1, 0.15) is 17.6 Å². The predicted molar refractivity (Wildman–Crippen MR) is 106 cm³/mol. The van der Waals surface area contributed by atoms with Gasteiger partial charge in [0.05, 0.1) is 13.4 Å². The van der Waals surface area contributed by atoms with Crippen LogP contribution in [0.15, 0.2) is 59.5 Å². The van der Waals surface area contributed by atoms with Gasteiger partial charge in [0.2, 0.25) is 5.91 Å². The lowest BCUT2D eigenvalue weighted by molar-refractivity contribution is -0.121. The minimum atomic E-state index is -0.383. The van der Waals surface area contributed by atoms with Gasteiger partial charge in [-0.3, -0.25) is 9.59 Å². The second-order valence-corrected chi connectivity index (χ2v) is 6.51. The Balaban J connectivity index is 1.58. The van der Waals surface area contributed by atoms with E-state index in [1.165, 1.54) is 6.26 Å². The number of nitrogens with zero attached hydrogens (tertiary/aromatic N) is 2. The second-order valence-electron chi connectivity index (χ2n) is 6.51. The Bertz CT molecular complexity index is 932. The van der Waals surface area contributed by atoms with Crippen molar-refractivity contribution in [3.8, 4) is 5.75 Å². The molecule has 2 aromatic heterocycles. The van der Waals surface area contributed by atoms with Gasteiger partial charge in [-0.05, 0) is 36.2 Å². The van der Waals surface area contributed by atoms with Crippen LogP contribution < -0.4 is 15.4 Å². The van der Waals surface area contributed by atoms with Crippen LogP contribution in [-0.4, -0.2) is 35.0 Å². The molecule has 2 amide bonds. The number of carbonyl (C=O) groups excluding carboxylic acids is 2. The maximum Gasteiger partial charge on any atom is 0.286 e. The predicted octanol–water partition coefficient (Wildman–Crippen LogP) is 2.44. The third-order valence-corrected chi connectivity index (χ3v) is 4.48. The van der Waals surface area contributed by atoms with Gasteiger partial charge in [-0.15, -0.1) is 0 Å². The highest BCUT2D eigenvalue weighted by Gasteiger charge is 2.20.